The summed E-state index contributed by atoms with van der Waals surface area (Å²) in [7, 11) is 0. The molecule has 180 valence electrons. The van der Waals surface area contributed by atoms with Gasteiger partial charge in [0.1, 0.15) is 11.6 Å². The molecule has 2 aliphatic heterocycles. The number of hydrogen-bond donors (Lipinski definition) is 4. The van der Waals surface area contributed by atoms with Crippen LogP contribution in [0.3, 0.4) is 0 Å². The zero-order valence-corrected chi connectivity index (χ0v) is 18.5. The van der Waals surface area contributed by atoms with E-state index in [-0.39, 0.29) is 29.6 Å². The van der Waals surface area contributed by atoms with Gasteiger partial charge in [0.05, 0.1) is 11.7 Å². The molecule has 2 aromatic carbocycles. The second kappa shape index (κ2) is 10.6. The number of nitrogens with zero attached hydrogens (tertiary/aromatic N) is 1. The Morgan fingerprint density at radius 1 is 1.12 bits per heavy atom. The zero-order chi connectivity index (χ0) is 24.1. The van der Waals surface area contributed by atoms with E-state index in [0.29, 0.717) is 45.0 Å². The lowest BCUT2D eigenvalue weighted by atomic mass is 10.0. The Bertz CT molecular complexity index is 1050. The predicted octanol–water partition coefficient (Wildman–Crippen LogP) is 2.12. The van der Waals surface area contributed by atoms with Crippen LogP contribution in [0.1, 0.15) is 24.8 Å². The van der Waals surface area contributed by atoms with Gasteiger partial charge < -0.3 is 21.3 Å². The van der Waals surface area contributed by atoms with E-state index < -0.39 is 23.7 Å². The second-order valence-corrected chi connectivity index (χ2v) is 8.57. The highest BCUT2D eigenvalue weighted by atomic mass is 19.1. The van der Waals surface area contributed by atoms with Gasteiger partial charge in [-0.05, 0) is 30.5 Å². The monoisotopic (exact) mass is 471 g/mol. The van der Waals surface area contributed by atoms with E-state index >= 15 is 0 Å². The van der Waals surface area contributed by atoms with Crippen LogP contribution in [0.25, 0.3) is 0 Å². The summed E-state index contributed by atoms with van der Waals surface area (Å²) in [5.74, 6) is -1.78. The Labute approximate surface area is 196 Å². The van der Waals surface area contributed by atoms with E-state index in [1.165, 1.54) is 0 Å². The van der Waals surface area contributed by atoms with Crippen molar-refractivity contribution in [2.24, 2.45) is 0 Å². The molecule has 34 heavy (non-hydrogen) atoms. The molecular formula is C24H27F2N5O3. The fourth-order valence-corrected chi connectivity index (χ4v) is 4.47. The average Bonchev–Trinajstić information content (AvgIpc) is 3.24. The number of piperazine rings is 1. The average molecular weight is 472 g/mol. The molecule has 3 unspecified atom stereocenters. The minimum absolute atomic E-state index is 0.0328. The molecule has 2 aliphatic rings. The highest BCUT2D eigenvalue weighted by Gasteiger charge is 2.43. The van der Waals surface area contributed by atoms with Crippen LogP contribution in [-0.4, -0.2) is 54.0 Å². The van der Waals surface area contributed by atoms with Crippen molar-refractivity contribution >= 4 is 23.5 Å². The number of anilines is 1. The molecule has 0 spiro atoms. The number of hydrogen-bond acceptors (Lipinski definition) is 4. The van der Waals surface area contributed by atoms with Crippen LogP contribution in [0.15, 0.2) is 48.5 Å². The summed E-state index contributed by atoms with van der Waals surface area (Å²) in [6.45, 7) is 1.33. The normalized spacial score (nSPS) is 21.9. The molecule has 0 bridgehead atoms. The van der Waals surface area contributed by atoms with Gasteiger partial charge in [-0.3, -0.25) is 14.5 Å². The number of nitrogens with one attached hydrogen (secondary N) is 4. The van der Waals surface area contributed by atoms with Gasteiger partial charge in [-0.25, -0.2) is 13.6 Å². The summed E-state index contributed by atoms with van der Waals surface area (Å²) >= 11 is 0. The van der Waals surface area contributed by atoms with Gasteiger partial charge in [-0.2, -0.15) is 0 Å². The van der Waals surface area contributed by atoms with Crippen molar-refractivity contribution in [1.82, 2.24) is 20.9 Å². The zero-order valence-electron chi connectivity index (χ0n) is 18.5. The van der Waals surface area contributed by atoms with Crippen LogP contribution in [0.2, 0.25) is 0 Å². The van der Waals surface area contributed by atoms with Crippen LogP contribution >= 0.6 is 0 Å². The third-order valence-corrected chi connectivity index (χ3v) is 6.17. The first-order chi connectivity index (χ1) is 16.4. The maximum absolute atomic E-state index is 13.8. The van der Waals surface area contributed by atoms with Crippen LogP contribution < -0.4 is 21.3 Å². The van der Waals surface area contributed by atoms with E-state index in [9.17, 15) is 23.2 Å². The van der Waals surface area contributed by atoms with Crippen LogP contribution in [-0.2, 0) is 16.1 Å². The second-order valence-electron chi connectivity index (χ2n) is 8.57. The van der Waals surface area contributed by atoms with Crippen molar-refractivity contribution in [3.8, 4) is 0 Å². The summed E-state index contributed by atoms with van der Waals surface area (Å²) in [6, 6.07) is 11.1. The Morgan fingerprint density at radius 2 is 1.91 bits per heavy atom. The lowest BCUT2D eigenvalue weighted by molar-refractivity contribution is -0.129. The summed E-state index contributed by atoms with van der Waals surface area (Å²) < 4.78 is 26.8. The SMILES string of the molecule is O=C(CCC1CNC(=O)C2CC(NC(=O)Nc3ccc(F)cc3F)CN12)NCc1ccccc1. The first-order valence-electron chi connectivity index (χ1n) is 11.3. The molecule has 0 aromatic heterocycles. The third-order valence-electron chi connectivity index (χ3n) is 6.17. The van der Waals surface area contributed by atoms with E-state index in [4.69, 9.17) is 0 Å². The molecule has 4 rings (SSSR count). The molecule has 2 saturated heterocycles. The topological polar surface area (TPSA) is 103 Å². The number of rotatable bonds is 7. The molecule has 4 N–H and O–H groups in total. The quantitative estimate of drug-likeness (QED) is 0.497. The molecule has 4 amide bonds. The van der Waals surface area contributed by atoms with Crippen molar-refractivity contribution in [3.05, 3.63) is 65.7 Å². The fourth-order valence-electron chi connectivity index (χ4n) is 4.47. The van der Waals surface area contributed by atoms with Crippen molar-refractivity contribution in [2.75, 3.05) is 18.4 Å². The first-order valence-corrected chi connectivity index (χ1v) is 11.3. The number of fused-ring (bicyclic) bond motifs is 1. The molecule has 0 radical (unpaired) electrons. The van der Waals surface area contributed by atoms with Gasteiger partial charge in [-0.1, -0.05) is 30.3 Å². The lowest BCUT2D eigenvalue weighted by Crippen LogP contribution is -2.58. The van der Waals surface area contributed by atoms with Gasteiger partial charge in [-0.15, -0.1) is 0 Å². The van der Waals surface area contributed by atoms with Crippen LogP contribution in [0, 0.1) is 11.6 Å². The molecule has 2 heterocycles. The van der Waals surface area contributed by atoms with Gasteiger partial charge in [0.15, 0.2) is 0 Å². The smallest absolute Gasteiger partial charge is 0.319 e. The summed E-state index contributed by atoms with van der Waals surface area (Å²) in [6.07, 6.45) is 1.29. The lowest BCUT2D eigenvalue weighted by Gasteiger charge is -2.37. The number of amides is 4. The molecule has 2 aromatic rings. The molecule has 0 saturated carbocycles. The number of benzene rings is 2. The fraction of sp³-hybridized carbons (Fsp3) is 0.375. The molecular weight excluding hydrogens is 444 g/mol. The van der Waals surface area contributed by atoms with E-state index in [2.05, 4.69) is 21.3 Å². The van der Waals surface area contributed by atoms with Gasteiger partial charge in [0.25, 0.3) is 0 Å². The molecule has 0 aliphatic carbocycles. The Kier molecular flexibility index (Phi) is 7.36. The highest BCUT2D eigenvalue weighted by molar-refractivity contribution is 5.90. The van der Waals surface area contributed by atoms with Crippen molar-refractivity contribution in [2.45, 2.75) is 43.9 Å². The molecule has 10 heteroatoms. The number of carbonyl (C=O) groups is 3. The number of carbonyl (C=O) groups excluding carboxylic acids is 3. The van der Waals surface area contributed by atoms with E-state index in [1.54, 1.807) is 0 Å². The van der Waals surface area contributed by atoms with Crippen LogP contribution in [0.5, 0.6) is 0 Å². The largest absolute Gasteiger partial charge is 0.353 e. The van der Waals surface area contributed by atoms with Crippen LogP contribution in [0.4, 0.5) is 19.3 Å². The summed E-state index contributed by atoms with van der Waals surface area (Å²) in [5, 5.41) is 10.9. The van der Waals surface area contributed by atoms with Gasteiger partial charge in [0.2, 0.25) is 11.8 Å². The maximum Gasteiger partial charge on any atom is 0.319 e. The third kappa shape index (κ3) is 5.88. The predicted molar refractivity (Wildman–Crippen MR) is 122 cm³/mol. The van der Waals surface area contributed by atoms with Crippen molar-refractivity contribution in [1.29, 1.82) is 0 Å². The van der Waals surface area contributed by atoms with Crippen molar-refractivity contribution in [3.63, 3.8) is 0 Å². The minimum atomic E-state index is -0.871. The number of urea groups is 1. The molecule has 3 atom stereocenters. The number of halogens is 2. The Balaban J connectivity index is 1.27. The first kappa shape index (κ1) is 23.6. The van der Waals surface area contributed by atoms with Gasteiger partial charge >= 0.3 is 6.03 Å². The molecule has 2 fully saturated rings. The van der Waals surface area contributed by atoms with E-state index in [0.717, 1.165) is 17.7 Å². The Hall–Kier alpha value is -3.53. The highest BCUT2D eigenvalue weighted by Crippen LogP contribution is 2.26. The Morgan fingerprint density at radius 3 is 2.68 bits per heavy atom. The van der Waals surface area contributed by atoms with Gasteiger partial charge in [0, 0.05) is 44.2 Å². The standard InChI is InChI=1S/C24H27F2N5O3/c25-16-6-8-20(19(26)10-16)30-24(34)29-17-11-21-23(33)28-13-18(31(21)14-17)7-9-22(32)27-12-15-4-2-1-3-5-15/h1-6,8,10,17-18,21H,7,9,11-14H2,(H,27,32)(H,28,33)(H2,29,30,34). The minimum Gasteiger partial charge on any atom is -0.353 e. The van der Waals surface area contributed by atoms with Crippen molar-refractivity contribution < 1.29 is 23.2 Å². The molecule has 8 nitrogen and oxygen atoms in total. The summed E-state index contributed by atoms with van der Waals surface area (Å²) in [4.78, 5) is 39.0. The maximum atomic E-state index is 13.8. The van der Waals surface area contributed by atoms with E-state index in [1.807, 2.05) is 35.2 Å². The summed E-state index contributed by atoms with van der Waals surface area (Å²) in [5.41, 5.74) is 0.889.